The third-order valence-corrected chi connectivity index (χ3v) is 3.32. The van der Waals surface area contributed by atoms with Crippen molar-refractivity contribution in [1.29, 1.82) is 0 Å². The topological polar surface area (TPSA) is 30.5 Å². The van der Waals surface area contributed by atoms with E-state index in [4.69, 9.17) is 0 Å². The fourth-order valence-corrected chi connectivity index (χ4v) is 2.04. The minimum atomic E-state index is 1.09. The van der Waals surface area contributed by atoms with Crippen molar-refractivity contribution in [2.24, 2.45) is 0 Å². The maximum atomic E-state index is 3.47. The van der Waals surface area contributed by atoms with Crippen LogP contribution in [0.2, 0.25) is 0 Å². The molecule has 4 heteroatoms. The van der Waals surface area contributed by atoms with Crippen LogP contribution in [-0.2, 0) is 0 Å². The lowest BCUT2D eigenvalue weighted by molar-refractivity contribution is 0.212. The van der Waals surface area contributed by atoms with E-state index in [-0.39, 0.29) is 0 Å². The second-order valence-corrected chi connectivity index (χ2v) is 4.37. The third-order valence-electron chi connectivity index (χ3n) is 3.32. The monoisotopic (exact) mass is 228 g/mol. The maximum absolute atomic E-state index is 3.47. The van der Waals surface area contributed by atoms with E-state index in [0.717, 1.165) is 39.3 Å². The van der Waals surface area contributed by atoms with Crippen LogP contribution in [0.5, 0.6) is 0 Å². The molecule has 0 aromatic rings. The molecule has 0 bridgehead atoms. The Morgan fingerprint density at radius 2 is 1.12 bits per heavy atom. The van der Waals surface area contributed by atoms with Gasteiger partial charge < -0.3 is 20.4 Å². The van der Waals surface area contributed by atoms with Crippen LogP contribution < -0.4 is 10.6 Å². The lowest BCUT2D eigenvalue weighted by atomic mass is 10.3. The highest BCUT2D eigenvalue weighted by Gasteiger charge is 2.07. The van der Waals surface area contributed by atoms with Crippen molar-refractivity contribution in [1.82, 2.24) is 20.4 Å². The van der Waals surface area contributed by atoms with E-state index in [1.807, 2.05) is 0 Å². The Labute approximate surface area is 100 Å². The quantitative estimate of drug-likeness (QED) is 0.687. The van der Waals surface area contributed by atoms with Crippen LogP contribution in [-0.4, -0.2) is 75.2 Å². The van der Waals surface area contributed by atoms with Gasteiger partial charge in [-0.2, -0.15) is 0 Å². The zero-order valence-corrected chi connectivity index (χ0v) is 11.0. The standard InChI is InChI=1S/C12H28N4/c1-3-15-9-7-13-5-6-14-8-10-16(4-2)12-11-15/h13-14H,3-12H2,1-2H3. The molecule has 0 spiro atoms. The minimum absolute atomic E-state index is 1.09. The van der Waals surface area contributed by atoms with Gasteiger partial charge in [-0.3, -0.25) is 0 Å². The molecular formula is C12H28N4. The predicted molar refractivity (Wildman–Crippen MR) is 70.0 cm³/mol. The summed E-state index contributed by atoms with van der Waals surface area (Å²) in [7, 11) is 0. The Kier molecular flexibility index (Phi) is 7.76. The van der Waals surface area contributed by atoms with Crippen LogP contribution in [0.15, 0.2) is 0 Å². The molecule has 0 amide bonds. The van der Waals surface area contributed by atoms with Gasteiger partial charge >= 0.3 is 0 Å². The van der Waals surface area contributed by atoms with Gasteiger partial charge in [-0.15, -0.1) is 0 Å². The fraction of sp³-hybridized carbons (Fsp3) is 1.00. The molecule has 0 aromatic carbocycles. The SMILES string of the molecule is CCN1CCNCCNCCN(CC)CC1. The molecule has 1 rings (SSSR count). The van der Waals surface area contributed by atoms with Crippen LogP contribution in [0.4, 0.5) is 0 Å². The Bertz CT molecular complexity index is 145. The van der Waals surface area contributed by atoms with Crippen molar-refractivity contribution in [3.63, 3.8) is 0 Å². The lowest BCUT2D eigenvalue weighted by Crippen LogP contribution is -2.43. The number of nitrogens with one attached hydrogen (secondary N) is 2. The Morgan fingerprint density at radius 1 is 0.688 bits per heavy atom. The molecule has 96 valence electrons. The first-order valence-electron chi connectivity index (χ1n) is 6.73. The van der Waals surface area contributed by atoms with Crippen molar-refractivity contribution in [2.75, 3.05) is 65.4 Å². The molecule has 0 radical (unpaired) electrons. The van der Waals surface area contributed by atoms with Crippen molar-refractivity contribution in [2.45, 2.75) is 13.8 Å². The average molecular weight is 228 g/mol. The molecule has 1 aliphatic heterocycles. The summed E-state index contributed by atoms with van der Waals surface area (Å²) < 4.78 is 0. The van der Waals surface area contributed by atoms with E-state index in [2.05, 4.69) is 34.3 Å². The molecule has 4 nitrogen and oxygen atoms in total. The molecule has 0 unspecified atom stereocenters. The predicted octanol–water partition coefficient (Wildman–Crippen LogP) is -0.177. The van der Waals surface area contributed by atoms with Gasteiger partial charge in [0, 0.05) is 52.4 Å². The van der Waals surface area contributed by atoms with E-state index in [1.54, 1.807) is 0 Å². The zero-order valence-electron chi connectivity index (χ0n) is 11.0. The lowest BCUT2D eigenvalue weighted by Gasteiger charge is -2.27. The van der Waals surface area contributed by atoms with Crippen molar-refractivity contribution in [3.05, 3.63) is 0 Å². The molecule has 2 N–H and O–H groups in total. The highest BCUT2D eigenvalue weighted by molar-refractivity contribution is 4.66. The Balaban J connectivity index is 2.33. The maximum Gasteiger partial charge on any atom is 0.0110 e. The third kappa shape index (κ3) is 5.80. The molecule has 0 aromatic heterocycles. The molecule has 1 saturated heterocycles. The second-order valence-electron chi connectivity index (χ2n) is 4.37. The number of nitrogens with zero attached hydrogens (tertiary/aromatic N) is 2. The number of likely N-dealkylation sites (N-methyl/N-ethyl adjacent to an activating group) is 2. The molecule has 16 heavy (non-hydrogen) atoms. The summed E-state index contributed by atoms with van der Waals surface area (Å²) in [5.41, 5.74) is 0. The number of hydrogen-bond acceptors (Lipinski definition) is 4. The summed E-state index contributed by atoms with van der Waals surface area (Å²) in [4.78, 5) is 5.06. The molecule has 1 aliphatic rings. The van der Waals surface area contributed by atoms with Gasteiger partial charge in [-0.1, -0.05) is 13.8 Å². The first-order chi connectivity index (χ1) is 7.86. The fourth-order valence-electron chi connectivity index (χ4n) is 2.04. The average Bonchev–Trinajstić information content (AvgIpc) is 2.30. The molecule has 0 aliphatic carbocycles. The number of hydrogen-bond donors (Lipinski definition) is 2. The van der Waals surface area contributed by atoms with Crippen LogP contribution in [0.3, 0.4) is 0 Å². The first-order valence-corrected chi connectivity index (χ1v) is 6.73. The Hall–Kier alpha value is -0.160. The van der Waals surface area contributed by atoms with Gasteiger partial charge in [-0.25, -0.2) is 0 Å². The highest BCUT2D eigenvalue weighted by Crippen LogP contribution is 1.92. The second kappa shape index (κ2) is 8.93. The van der Waals surface area contributed by atoms with Gasteiger partial charge in [-0.05, 0) is 13.1 Å². The van der Waals surface area contributed by atoms with Crippen molar-refractivity contribution >= 4 is 0 Å². The van der Waals surface area contributed by atoms with Gasteiger partial charge in [0.25, 0.3) is 0 Å². The summed E-state index contributed by atoms with van der Waals surface area (Å²) in [6.07, 6.45) is 0. The molecule has 0 saturated carbocycles. The smallest absolute Gasteiger partial charge is 0.0110 e. The summed E-state index contributed by atoms with van der Waals surface area (Å²) in [5, 5.41) is 6.95. The van der Waals surface area contributed by atoms with Crippen LogP contribution in [0.25, 0.3) is 0 Å². The van der Waals surface area contributed by atoms with Crippen LogP contribution >= 0.6 is 0 Å². The van der Waals surface area contributed by atoms with E-state index in [0.29, 0.717) is 0 Å². The van der Waals surface area contributed by atoms with Crippen LogP contribution in [0.1, 0.15) is 13.8 Å². The first kappa shape index (κ1) is 13.9. The zero-order chi connectivity index (χ0) is 11.6. The molecule has 1 heterocycles. The van der Waals surface area contributed by atoms with Crippen LogP contribution in [0, 0.1) is 0 Å². The molecule has 0 atom stereocenters. The van der Waals surface area contributed by atoms with Crippen molar-refractivity contribution in [3.8, 4) is 0 Å². The summed E-state index contributed by atoms with van der Waals surface area (Å²) in [6, 6.07) is 0. The summed E-state index contributed by atoms with van der Waals surface area (Å²) >= 11 is 0. The summed E-state index contributed by atoms with van der Waals surface area (Å²) in [5.74, 6) is 0. The van der Waals surface area contributed by atoms with E-state index >= 15 is 0 Å². The normalized spacial score (nSPS) is 23.6. The van der Waals surface area contributed by atoms with Gasteiger partial charge in [0.1, 0.15) is 0 Å². The summed E-state index contributed by atoms with van der Waals surface area (Å²) in [6.45, 7) is 16.0. The van der Waals surface area contributed by atoms with Gasteiger partial charge in [0.2, 0.25) is 0 Å². The van der Waals surface area contributed by atoms with Gasteiger partial charge in [0.05, 0.1) is 0 Å². The van der Waals surface area contributed by atoms with E-state index in [9.17, 15) is 0 Å². The van der Waals surface area contributed by atoms with E-state index < -0.39 is 0 Å². The highest BCUT2D eigenvalue weighted by atomic mass is 15.2. The molecular weight excluding hydrogens is 200 g/mol. The molecule has 1 fully saturated rings. The largest absolute Gasteiger partial charge is 0.314 e. The van der Waals surface area contributed by atoms with Gasteiger partial charge in [0.15, 0.2) is 0 Å². The van der Waals surface area contributed by atoms with Crippen molar-refractivity contribution < 1.29 is 0 Å². The minimum Gasteiger partial charge on any atom is -0.314 e. The number of rotatable bonds is 2. The van der Waals surface area contributed by atoms with E-state index in [1.165, 1.54) is 26.2 Å². The Morgan fingerprint density at radius 3 is 1.50 bits per heavy atom.